The van der Waals surface area contributed by atoms with E-state index in [1.165, 1.54) is 0 Å². The van der Waals surface area contributed by atoms with Gasteiger partial charge in [-0.25, -0.2) is 0 Å². The van der Waals surface area contributed by atoms with Gasteiger partial charge in [-0.2, -0.15) is 0 Å². The predicted octanol–water partition coefficient (Wildman–Crippen LogP) is -0.0568. The van der Waals surface area contributed by atoms with Gasteiger partial charge in [0, 0.05) is 29.4 Å². The van der Waals surface area contributed by atoms with Crippen molar-refractivity contribution in [2.75, 3.05) is 0 Å². The Kier molecular flexibility index (Phi) is 514. The normalized spacial score (nSPS) is 2.00. The van der Waals surface area contributed by atoms with Crippen LogP contribution in [0.15, 0.2) is 0 Å². The van der Waals surface area contributed by atoms with Crippen molar-refractivity contribution >= 4 is 0 Å². The zero-order valence-electron chi connectivity index (χ0n) is 2.64. The molecule has 0 aliphatic rings. The molecule has 0 amide bonds. The summed E-state index contributed by atoms with van der Waals surface area (Å²) in [6, 6.07) is 0. The van der Waals surface area contributed by atoms with Crippen LogP contribution in [0, 0.1) is 9.93 Å². The van der Waals surface area contributed by atoms with E-state index in [1.807, 2.05) is 0 Å². The molecule has 0 atom stereocenters. The van der Waals surface area contributed by atoms with Crippen molar-refractivity contribution in [3.63, 3.8) is 0 Å². The molecule has 0 aliphatic heterocycles. The standard InChI is InChI=1S/O2.O.2Zn/c1-2;;;. The maximum absolute atomic E-state index is 8.38. The second-order valence-corrected chi connectivity index (χ2v) is 0. The number of rotatable bonds is 0. The van der Waals surface area contributed by atoms with Crippen LogP contribution in [0.5, 0.6) is 0 Å². The van der Waals surface area contributed by atoms with Crippen molar-refractivity contribution in [1.82, 2.24) is 0 Å². The van der Waals surface area contributed by atoms with E-state index < -0.39 is 0 Å². The summed E-state index contributed by atoms with van der Waals surface area (Å²) in [5, 5.41) is 0. The van der Waals surface area contributed by atoms with Gasteiger partial charge in [0.15, 0.2) is 0 Å². The van der Waals surface area contributed by atoms with Crippen molar-refractivity contribution in [2.24, 2.45) is 0 Å². The molecule has 0 aromatic rings. The summed E-state index contributed by atoms with van der Waals surface area (Å²) < 4.78 is 8.38. The second kappa shape index (κ2) is 148. The summed E-state index contributed by atoms with van der Waals surface area (Å²) in [5.41, 5.74) is 0. The van der Waals surface area contributed by atoms with Gasteiger partial charge in [-0.1, -0.05) is 0 Å². The Morgan fingerprint density at radius 3 is 1.00 bits per heavy atom. The third kappa shape index (κ3) is 77.8. The fourth-order valence-electron chi connectivity index (χ4n) is 0. The molecule has 0 saturated heterocycles. The second-order valence-electron chi connectivity index (χ2n) is 0. The summed E-state index contributed by atoms with van der Waals surface area (Å²) in [5.74, 6) is 0. The molecule has 0 spiro atoms. The summed E-state index contributed by atoms with van der Waals surface area (Å²) in [6.45, 7) is 0. The Hall–Kier alpha value is 0.647. The van der Waals surface area contributed by atoms with Crippen molar-refractivity contribution < 1.29 is 41.3 Å². The van der Waals surface area contributed by atoms with E-state index in [0.29, 0.717) is 0 Å². The Morgan fingerprint density at radius 1 is 1.00 bits per heavy atom. The van der Waals surface area contributed by atoms with Crippen LogP contribution in [0.2, 0.25) is 0 Å². The minimum atomic E-state index is 0. The van der Waals surface area contributed by atoms with Crippen LogP contribution in [0.3, 0.4) is 0 Å². The average molecular weight is 179 g/mol. The van der Waals surface area contributed by atoms with Gasteiger partial charge < -0.3 is 0 Å². The summed E-state index contributed by atoms with van der Waals surface area (Å²) in [6.07, 6.45) is 0. The van der Waals surface area contributed by atoms with E-state index in [1.54, 1.807) is 0 Å². The molecular formula is O3Zn2. The molecule has 0 saturated carbocycles. The van der Waals surface area contributed by atoms with Gasteiger partial charge in [0.05, 0.1) is 0 Å². The first-order valence-electron chi connectivity index (χ1n) is 0.455. The fraction of sp³-hybridized carbons (Fsp3) is 0. The van der Waals surface area contributed by atoms with Crippen LogP contribution >= 0.6 is 0 Å². The first-order valence-corrected chi connectivity index (χ1v) is 1.67. The van der Waals surface area contributed by atoms with Crippen LogP contribution in [0.4, 0.5) is 0 Å². The summed E-state index contributed by atoms with van der Waals surface area (Å²) in [4.78, 5) is 14.0. The molecule has 0 fully saturated rings. The molecule has 5 heavy (non-hydrogen) atoms. The van der Waals surface area contributed by atoms with Gasteiger partial charge in [-0.15, -0.1) is 0 Å². The quantitative estimate of drug-likeness (QED) is 0.489. The molecule has 0 N–H and O–H groups in total. The van der Waals surface area contributed by atoms with Gasteiger partial charge in [0.2, 0.25) is 0 Å². The Bertz CT molecular complexity index is 6.85. The van der Waals surface area contributed by atoms with Gasteiger partial charge in [-0.3, -0.25) is 0 Å². The maximum atomic E-state index is 8.38. The number of hydrogen-bond acceptors (Lipinski definition) is 3. The molecule has 5 heteroatoms. The van der Waals surface area contributed by atoms with Crippen LogP contribution in [0.1, 0.15) is 0 Å². The summed E-state index contributed by atoms with van der Waals surface area (Å²) >= 11 is 0.125. The molecular weight excluding hydrogens is 179 g/mol. The summed E-state index contributed by atoms with van der Waals surface area (Å²) in [7, 11) is 0. The van der Waals surface area contributed by atoms with Crippen LogP contribution in [-0.4, -0.2) is 0 Å². The average Bonchev–Trinajstić information content (AvgIpc) is 1.50. The Morgan fingerprint density at radius 2 is 1.00 bits per heavy atom. The van der Waals surface area contributed by atoms with Gasteiger partial charge in [-0.05, 0) is 0 Å². The van der Waals surface area contributed by atoms with Crippen LogP contribution < -0.4 is 0 Å². The van der Waals surface area contributed by atoms with E-state index in [4.69, 9.17) is 13.5 Å². The molecule has 0 unspecified atom stereocenters. The van der Waals surface area contributed by atoms with Crippen LogP contribution in [0.25, 0.3) is 0 Å². The maximum Gasteiger partial charge on any atom is 0 e. The fourth-order valence-corrected chi connectivity index (χ4v) is 0. The van der Waals surface area contributed by atoms with Crippen LogP contribution in [-0.2, 0) is 41.3 Å². The molecule has 0 aliphatic carbocycles. The van der Waals surface area contributed by atoms with E-state index in [2.05, 4.69) is 0 Å². The van der Waals surface area contributed by atoms with Crippen molar-refractivity contribution in [2.45, 2.75) is 0 Å². The van der Waals surface area contributed by atoms with Gasteiger partial charge >= 0.3 is 21.8 Å². The third-order valence-electron chi connectivity index (χ3n) is 0. The van der Waals surface area contributed by atoms with Gasteiger partial charge in [0.1, 0.15) is 0 Å². The smallest absolute Gasteiger partial charge is 0 e. The number of hydrogen-bond donors (Lipinski definition) is 0. The van der Waals surface area contributed by atoms with E-state index >= 15 is 0 Å². The Labute approximate surface area is 51.4 Å². The zero-order chi connectivity index (χ0) is 4.00. The third-order valence-corrected chi connectivity index (χ3v) is 0. The SMILES string of the molecule is O=O.[O]=[Zn].[Zn]. The molecule has 0 aromatic heterocycles. The van der Waals surface area contributed by atoms with Crippen molar-refractivity contribution in [1.29, 1.82) is 0 Å². The van der Waals surface area contributed by atoms with E-state index in [0.717, 1.165) is 0 Å². The minimum absolute atomic E-state index is 0. The Balaban J connectivity index is -0.0000000133. The molecule has 0 bridgehead atoms. The van der Waals surface area contributed by atoms with Gasteiger partial charge in [0.25, 0.3) is 0 Å². The predicted molar refractivity (Wildman–Crippen MR) is 7.42 cm³/mol. The zero-order valence-corrected chi connectivity index (χ0v) is 8.57. The van der Waals surface area contributed by atoms with E-state index in [-0.39, 0.29) is 37.7 Å². The molecule has 0 radical (unpaired) electrons. The molecule has 22 valence electrons. The largest absolute Gasteiger partial charge is 0 e. The topological polar surface area (TPSA) is 51.2 Å². The monoisotopic (exact) mass is 176 g/mol. The minimum Gasteiger partial charge on any atom is 0 e. The first kappa shape index (κ1) is 17.4. The van der Waals surface area contributed by atoms with Crippen molar-refractivity contribution in [3.8, 4) is 0 Å². The van der Waals surface area contributed by atoms with E-state index in [9.17, 15) is 0 Å². The first-order chi connectivity index (χ1) is 2.00. The molecule has 3 nitrogen and oxygen atoms in total. The molecule has 0 aromatic carbocycles. The molecule has 0 heterocycles. The molecule has 0 rings (SSSR count). The van der Waals surface area contributed by atoms with Crippen molar-refractivity contribution in [3.05, 3.63) is 9.93 Å².